The second-order valence-corrected chi connectivity index (χ2v) is 7.43. The first-order valence-corrected chi connectivity index (χ1v) is 9.48. The van der Waals surface area contributed by atoms with Gasteiger partial charge in [-0.1, -0.05) is 24.3 Å². The number of carbonyl (C=O) groups excluding carboxylic acids is 1. The van der Waals surface area contributed by atoms with E-state index in [0.29, 0.717) is 11.9 Å². The highest BCUT2D eigenvalue weighted by Gasteiger charge is 2.31. The minimum Gasteiger partial charge on any atom is -0.381 e. The van der Waals surface area contributed by atoms with Crippen LogP contribution in [0.25, 0.3) is 0 Å². The molecule has 2 fully saturated rings. The Morgan fingerprint density at radius 1 is 0.958 bits per heavy atom. The van der Waals surface area contributed by atoms with E-state index in [1.165, 1.54) is 24.0 Å². The smallest absolute Gasteiger partial charge is 0.225 e. The van der Waals surface area contributed by atoms with Gasteiger partial charge in [-0.15, -0.1) is 0 Å². The molecule has 2 aliphatic heterocycles. The average Bonchev–Trinajstić information content (AvgIpc) is 2.91. The summed E-state index contributed by atoms with van der Waals surface area (Å²) in [6.45, 7) is 5.45. The topological polar surface area (TPSA) is 32.8 Å². The van der Waals surface area contributed by atoms with Gasteiger partial charge in [0.05, 0.1) is 0 Å². The molecule has 0 saturated carbocycles. The summed E-state index contributed by atoms with van der Waals surface area (Å²) in [7, 11) is 0. The van der Waals surface area contributed by atoms with Crippen LogP contribution in [0.1, 0.15) is 30.4 Å². The third kappa shape index (κ3) is 3.35. The van der Waals surface area contributed by atoms with Crippen LogP contribution < -0.4 is 0 Å². The van der Waals surface area contributed by atoms with Gasteiger partial charge in [0, 0.05) is 51.4 Å². The molecule has 0 atom stereocenters. The van der Waals surface area contributed by atoms with Crippen LogP contribution in [0, 0.1) is 5.92 Å². The van der Waals surface area contributed by atoms with Crippen LogP contribution >= 0.6 is 0 Å². The van der Waals surface area contributed by atoms with Crippen molar-refractivity contribution in [3.05, 3.63) is 35.4 Å². The highest BCUT2D eigenvalue weighted by molar-refractivity contribution is 5.79. The van der Waals surface area contributed by atoms with E-state index in [1.54, 1.807) is 0 Å². The van der Waals surface area contributed by atoms with Crippen LogP contribution in [-0.2, 0) is 22.4 Å². The highest BCUT2D eigenvalue weighted by Crippen LogP contribution is 2.26. The van der Waals surface area contributed by atoms with Crippen LogP contribution in [0.15, 0.2) is 24.3 Å². The van der Waals surface area contributed by atoms with Gasteiger partial charge in [0.2, 0.25) is 5.91 Å². The third-order valence-corrected chi connectivity index (χ3v) is 5.96. The van der Waals surface area contributed by atoms with Gasteiger partial charge in [-0.05, 0) is 43.2 Å². The van der Waals surface area contributed by atoms with Crippen LogP contribution in [0.4, 0.5) is 0 Å². The van der Waals surface area contributed by atoms with Gasteiger partial charge in [0.1, 0.15) is 0 Å². The van der Waals surface area contributed by atoms with Crippen LogP contribution in [0.2, 0.25) is 0 Å². The van der Waals surface area contributed by atoms with Crippen molar-refractivity contribution in [2.75, 3.05) is 39.4 Å². The number of nitrogens with zero attached hydrogens (tertiary/aromatic N) is 2. The summed E-state index contributed by atoms with van der Waals surface area (Å²) in [6.07, 6.45) is 5.24. The molecule has 0 bridgehead atoms. The fraction of sp³-hybridized carbons (Fsp3) is 0.650. The van der Waals surface area contributed by atoms with Crippen molar-refractivity contribution in [2.45, 2.75) is 38.1 Å². The van der Waals surface area contributed by atoms with E-state index in [1.807, 2.05) is 0 Å². The van der Waals surface area contributed by atoms with E-state index < -0.39 is 0 Å². The molecule has 0 unspecified atom stereocenters. The van der Waals surface area contributed by atoms with Crippen molar-refractivity contribution in [3.8, 4) is 0 Å². The van der Waals surface area contributed by atoms with Crippen LogP contribution in [0.3, 0.4) is 0 Å². The van der Waals surface area contributed by atoms with Gasteiger partial charge < -0.3 is 9.64 Å². The Balaban J connectivity index is 1.34. The molecule has 0 spiro atoms. The highest BCUT2D eigenvalue weighted by atomic mass is 16.5. The summed E-state index contributed by atoms with van der Waals surface area (Å²) >= 11 is 0. The average molecular weight is 328 g/mol. The molecule has 130 valence electrons. The lowest BCUT2D eigenvalue weighted by Gasteiger charge is -2.29. The molecule has 0 radical (unpaired) electrons. The molecule has 4 rings (SSSR count). The maximum atomic E-state index is 12.8. The zero-order valence-corrected chi connectivity index (χ0v) is 14.5. The van der Waals surface area contributed by atoms with E-state index >= 15 is 0 Å². The molecule has 2 saturated heterocycles. The molecule has 0 aromatic heterocycles. The zero-order chi connectivity index (χ0) is 16.4. The number of ether oxygens (including phenoxy) is 1. The minimum atomic E-state index is 0.195. The molecule has 4 nitrogen and oxygen atoms in total. The minimum absolute atomic E-state index is 0.195. The maximum Gasteiger partial charge on any atom is 0.225 e. The van der Waals surface area contributed by atoms with E-state index in [0.717, 1.165) is 58.7 Å². The normalized spacial score (nSPS) is 23.9. The Bertz CT molecular complexity index is 558. The first-order chi connectivity index (χ1) is 11.8. The number of hydrogen-bond acceptors (Lipinski definition) is 3. The molecular weight excluding hydrogens is 300 g/mol. The van der Waals surface area contributed by atoms with Gasteiger partial charge in [-0.25, -0.2) is 0 Å². The van der Waals surface area contributed by atoms with Crippen molar-refractivity contribution in [2.24, 2.45) is 5.92 Å². The van der Waals surface area contributed by atoms with Gasteiger partial charge in [0.25, 0.3) is 0 Å². The summed E-state index contributed by atoms with van der Waals surface area (Å²) in [5.74, 6) is 0.566. The van der Waals surface area contributed by atoms with Crippen molar-refractivity contribution in [1.82, 2.24) is 9.80 Å². The van der Waals surface area contributed by atoms with E-state index in [2.05, 4.69) is 34.1 Å². The van der Waals surface area contributed by atoms with Crippen LogP contribution in [0.5, 0.6) is 0 Å². The first kappa shape index (κ1) is 16.1. The Kier molecular flexibility index (Phi) is 4.86. The molecular formula is C20H28N2O2. The Labute approximate surface area is 144 Å². The standard InChI is InChI=1S/C20H28N2O2/c23-20(16-6-12-24-13-7-16)22-9-3-8-21(10-11-22)19-14-17-4-1-2-5-18(17)15-19/h1-2,4-5,16,19H,3,6-15H2. The zero-order valence-electron chi connectivity index (χ0n) is 14.5. The quantitative estimate of drug-likeness (QED) is 0.834. The number of carbonyl (C=O) groups is 1. The van der Waals surface area contributed by atoms with E-state index in [-0.39, 0.29) is 5.92 Å². The van der Waals surface area contributed by atoms with Crippen molar-refractivity contribution >= 4 is 5.91 Å². The molecule has 1 aromatic carbocycles. The van der Waals surface area contributed by atoms with E-state index in [9.17, 15) is 4.79 Å². The van der Waals surface area contributed by atoms with E-state index in [4.69, 9.17) is 4.74 Å². The first-order valence-electron chi connectivity index (χ1n) is 9.48. The second kappa shape index (κ2) is 7.24. The number of rotatable bonds is 2. The third-order valence-electron chi connectivity index (χ3n) is 5.96. The summed E-state index contributed by atoms with van der Waals surface area (Å²) in [4.78, 5) is 17.5. The molecule has 3 aliphatic rings. The lowest BCUT2D eigenvalue weighted by atomic mass is 9.98. The predicted octanol–water partition coefficient (Wildman–Crippen LogP) is 2.11. The summed E-state index contributed by atoms with van der Waals surface area (Å²) in [5.41, 5.74) is 3.03. The lowest BCUT2D eigenvalue weighted by molar-refractivity contribution is -0.138. The lowest BCUT2D eigenvalue weighted by Crippen LogP contribution is -2.42. The number of benzene rings is 1. The predicted molar refractivity (Wildman–Crippen MR) is 94.0 cm³/mol. The number of amides is 1. The fourth-order valence-corrected chi connectivity index (χ4v) is 4.52. The second-order valence-electron chi connectivity index (χ2n) is 7.43. The Morgan fingerprint density at radius 2 is 1.67 bits per heavy atom. The molecule has 1 aliphatic carbocycles. The van der Waals surface area contributed by atoms with Gasteiger partial charge in [-0.2, -0.15) is 0 Å². The fourth-order valence-electron chi connectivity index (χ4n) is 4.52. The molecule has 2 heterocycles. The largest absolute Gasteiger partial charge is 0.381 e. The molecule has 0 N–H and O–H groups in total. The molecule has 4 heteroatoms. The molecule has 1 amide bonds. The molecule has 1 aromatic rings. The Morgan fingerprint density at radius 3 is 2.38 bits per heavy atom. The number of fused-ring (bicyclic) bond motifs is 1. The monoisotopic (exact) mass is 328 g/mol. The van der Waals surface area contributed by atoms with Crippen molar-refractivity contribution < 1.29 is 9.53 Å². The Hall–Kier alpha value is -1.39. The van der Waals surface area contributed by atoms with Gasteiger partial charge >= 0.3 is 0 Å². The van der Waals surface area contributed by atoms with Crippen LogP contribution in [-0.4, -0.2) is 61.1 Å². The summed E-state index contributed by atoms with van der Waals surface area (Å²) in [5, 5.41) is 0. The SMILES string of the molecule is O=C(C1CCOCC1)N1CCCN(C2Cc3ccccc3C2)CC1. The van der Waals surface area contributed by atoms with Gasteiger partial charge in [-0.3, -0.25) is 9.69 Å². The van der Waals surface area contributed by atoms with Crippen molar-refractivity contribution in [3.63, 3.8) is 0 Å². The summed E-state index contributed by atoms with van der Waals surface area (Å²) in [6, 6.07) is 9.47. The van der Waals surface area contributed by atoms with Gasteiger partial charge in [0.15, 0.2) is 0 Å². The summed E-state index contributed by atoms with van der Waals surface area (Å²) < 4.78 is 5.40. The number of hydrogen-bond donors (Lipinski definition) is 0. The maximum absolute atomic E-state index is 12.8. The van der Waals surface area contributed by atoms with Crippen molar-refractivity contribution in [1.29, 1.82) is 0 Å². The molecule has 24 heavy (non-hydrogen) atoms.